The molecule has 0 spiro atoms. The Balaban J connectivity index is 1.98. The third-order valence-corrected chi connectivity index (χ3v) is 4.27. The number of benzene rings is 2. The van der Waals surface area contributed by atoms with Gasteiger partial charge < -0.3 is 5.32 Å². The van der Waals surface area contributed by atoms with Crippen LogP contribution in [0.1, 0.15) is 12.0 Å². The highest BCUT2D eigenvalue weighted by Crippen LogP contribution is 2.35. The van der Waals surface area contributed by atoms with Crippen LogP contribution >= 0.6 is 0 Å². The van der Waals surface area contributed by atoms with E-state index >= 15 is 0 Å². The molecule has 4 nitrogen and oxygen atoms in total. The van der Waals surface area contributed by atoms with E-state index in [-0.39, 0.29) is 17.8 Å². The average Bonchev–Trinajstić information content (AvgIpc) is 3.29. The number of anilines is 1. The van der Waals surface area contributed by atoms with E-state index in [0.29, 0.717) is 11.1 Å². The number of rotatable bonds is 3. The molecule has 0 aliphatic heterocycles. The first-order valence-electron chi connectivity index (χ1n) is 7.94. The molecule has 1 saturated carbocycles. The molecule has 1 heterocycles. The smallest absolute Gasteiger partial charge is 0.364 e. The molecule has 0 radical (unpaired) electrons. The molecule has 2 atom stereocenters. The molecule has 26 heavy (non-hydrogen) atoms. The Labute approximate surface area is 145 Å². The zero-order valence-corrected chi connectivity index (χ0v) is 13.3. The van der Waals surface area contributed by atoms with Crippen molar-refractivity contribution in [2.75, 3.05) is 5.32 Å². The fourth-order valence-corrected chi connectivity index (χ4v) is 2.83. The van der Waals surface area contributed by atoms with Gasteiger partial charge in [-0.15, -0.1) is 0 Å². The van der Waals surface area contributed by atoms with Gasteiger partial charge in [-0.05, 0) is 30.3 Å². The fourth-order valence-electron chi connectivity index (χ4n) is 2.83. The van der Waals surface area contributed by atoms with E-state index in [9.17, 15) is 22.4 Å². The number of fused-ring (bicyclic) bond motifs is 1. The summed E-state index contributed by atoms with van der Waals surface area (Å²) >= 11 is 0. The largest absolute Gasteiger partial charge is 0.416 e. The third-order valence-electron chi connectivity index (χ3n) is 4.27. The van der Waals surface area contributed by atoms with E-state index in [2.05, 4.69) is 10.3 Å². The lowest BCUT2D eigenvalue weighted by Crippen LogP contribution is -2.24. The summed E-state index contributed by atoms with van der Waals surface area (Å²) in [7, 11) is 0. The summed E-state index contributed by atoms with van der Waals surface area (Å²) in [6, 6.07) is 10.9. The summed E-state index contributed by atoms with van der Waals surface area (Å²) in [6.07, 6.45) is -5.31. The third kappa shape index (κ3) is 2.91. The van der Waals surface area contributed by atoms with Crippen molar-refractivity contribution in [3.8, 4) is 5.69 Å². The molecule has 3 aromatic rings. The van der Waals surface area contributed by atoms with Crippen LogP contribution in [-0.4, -0.2) is 21.8 Å². The van der Waals surface area contributed by atoms with Crippen molar-refractivity contribution in [2.24, 2.45) is 0 Å². The quantitative estimate of drug-likeness (QED) is 0.718. The summed E-state index contributed by atoms with van der Waals surface area (Å²) in [6.45, 7) is 0. The van der Waals surface area contributed by atoms with Crippen LogP contribution in [0, 0.1) is 0 Å². The molecule has 1 fully saturated rings. The zero-order valence-electron chi connectivity index (χ0n) is 13.3. The van der Waals surface area contributed by atoms with E-state index in [4.69, 9.17) is 0 Å². The van der Waals surface area contributed by atoms with Crippen molar-refractivity contribution in [2.45, 2.75) is 24.8 Å². The van der Waals surface area contributed by atoms with Crippen LogP contribution in [0.5, 0.6) is 0 Å². The van der Waals surface area contributed by atoms with Crippen LogP contribution in [-0.2, 0) is 6.18 Å². The Bertz CT molecular complexity index is 1030. The van der Waals surface area contributed by atoms with Crippen molar-refractivity contribution in [3.63, 3.8) is 0 Å². The number of aromatic nitrogens is 2. The fraction of sp³-hybridized carbons (Fsp3) is 0.222. The van der Waals surface area contributed by atoms with E-state index in [1.54, 1.807) is 30.3 Å². The monoisotopic (exact) mass is 363 g/mol. The summed E-state index contributed by atoms with van der Waals surface area (Å²) in [5.41, 5.74) is -1.15. The van der Waals surface area contributed by atoms with Gasteiger partial charge in [0, 0.05) is 11.8 Å². The normalized spacial score (nSPS) is 19.5. The highest BCUT2D eigenvalue weighted by atomic mass is 19.4. The Morgan fingerprint density at radius 1 is 1.12 bits per heavy atom. The summed E-state index contributed by atoms with van der Waals surface area (Å²) in [5.74, 6) is 0.0936. The number of nitrogens with one attached hydrogen (secondary N) is 1. The molecule has 134 valence electrons. The second-order valence-corrected chi connectivity index (χ2v) is 6.15. The van der Waals surface area contributed by atoms with Gasteiger partial charge in [0.1, 0.15) is 12.0 Å². The number of hydrogen-bond donors (Lipinski definition) is 1. The molecule has 1 aromatic heterocycles. The van der Waals surface area contributed by atoms with Crippen LogP contribution in [0.25, 0.3) is 16.6 Å². The molecule has 0 bridgehead atoms. The summed E-state index contributed by atoms with van der Waals surface area (Å²) < 4.78 is 53.8. The molecule has 1 N–H and O–H groups in total. The molecule has 0 saturated heterocycles. The summed E-state index contributed by atoms with van der Waals surface area (Å²) in [5, 5.41) is 3.13. The second-order valence-electron chi connectivity index (χ2n) is 6.15. The first kappa shape index (κ1) is 16.6. The van der Waals surface area contributed by atoms with Crippen molar-refractivity contribution in [3.05, 3.63) is 64.6 Å². The van der Waals surface area contributed by atoms with Crippen molar-refractivity contribution in [1.29, 1.82) is 0 Å². The number of nitrogens with zero attached hydrogens (tertiary/aromatic N) is 2. The molecular weight excluding hydrogens is 350 g/mol. The molecule has 4 rings (SSSR count). The highest BCUT2D eigenvalue weighted by molar-refractivity contribution is 5.91. The first-order chi connectivity index (χ1) is 12.3. The van der Waals surface area contributed by atoms with Gasteiger partial charge in [-0.25, -0.2) is 9.18 Å². The summed E-state index contributed by atoms with van der Waals surface area (Å²) in [4.78, 5) is 16.5. The highest BCUT2D eigenvalue weighted by Gasteiger charge is 2.38. The van der Waals surface area contributed by atoms with Crippen LogP contribution in [0.2, 0.25) is 0 Å². The SMILES string of the molecule is O=c1nc(NC2CC2F)c2ccc(C(F)(F)F)cc2n1-c1ccccc1. The number of halogens is 4. The Morgan fingerprint density at radius 3 is 2.42 bits per heavy atom. The van der Waals surface area contributed by atoms with Gasteiger partial charge in [0.2, 0.25) is 0 Å². The van der Waals surface area contributed by atoms with Gasteiger partial charge in [0.25, 0.3) is 0 Å². The van der Waals surface area contributed by atoms with Gasteiger partial charge in [0.05, 0.1) is 22.8 Å². The lowest BCUT2D eigenvalue weighted by Gasteiger charge is -2.15. The van der Waals surface area contributed by atoms with Crippen LogP contribution in [0.4, 0.5) is 23.4 Å². The molecule has 0 amide bonds. The molecule has 2 unspecified atom stereocenters. The Morgan fingerprint density at radius 2 is 1.81 bits per heavy atom. The maximum atomic E-state index is 13.2. The van der Waals surface area contributed by atoms with Crippen LogP contribution in [0.3, 0.4) is 0 Å². The van der Waals surface area contributed by atoms with E-state index in [0.717, 1.165) is 16.7 Å². The Hall–Kier alpha value is -2.90. The predicted octanol–water partition coefficient (Wildman–Crippen LogP) is 3.93. The molecule has 1 aliphatic rings. The van der Waals surface area contributed by atoms with Gasteiger partial charge in [-0.2, -0.15) is 18.2 Å². The van der Waals surface area contributed by atoms with Crippen molar-refractivity contribution < 1.29 is 17.6 Å². The predicted molar refractivity (Wildman–Crippen MR) is 89.3 cm³/mol. The van der Waals surface area contributed by atoms with Gasteiger partial charge in [-0.3, -0.25) is 4.57 Å². The Kier molecular flexibility index (Phi) is 3.71. The van der Waals surface area contributed by atoms with Gasteiger partial charge >= 0.3 is 11.9 Å². The van der Waals surface area contributed by atoms with E-state index in [1.807, 2.05) is 0 Å². The van der Waals surface area contributed by atoms with Crippen LogP contribution < -0.4 is 11.0 Å². The zero-order chi connectivity index (χ0) is 18.5. The number of hydrogen-bond acceptors (Lipinski definition) is 3. The minimum Gasteiger partial charge on any atom is -0.364 e. The lowest BCUT2D eigenvalue weighted by atomic mass is 10.1. The second kappa shape index (κ2) is 5.82. The van der Waals surface area contributed by atoms with Crippen molar-refractivity contribution in [1.82, 2.24) is 9.55 Å². The standard InChI is InChI=1S/C18H13F4N3O/c19-13-9-14(13)23-16-12-7-6-10(18(20,21)22)8-15(12)25(17(26)24-16)11-4-2-1-3-5-11/h1-8,13-14H,9H2,(H,23,24,26). The molecule has 1 aliphatic carbocycles. The maximum Gasteiger partial charge on any atom is 0.416 e. The number of para-hydroxylation sites is 1. The minimum atomic E-state index is -4.55. The molecule has 8 heteroatoms. The van der Waals surface area contributed by atoms with Gasteiger partial charge in [0.15, 0.2) is 0 Å². The average molecular weight is 363 g/mol. The minimum absolute atomic E-state index is 0.0598. The first-order valence-corrected chi connectivity index (χ1v) is 7.94. The van der Waals surface area contributed by atoms with E-state index in [1.165, 1.54) is 6.07 Å². The van der Waals surface area contributed by atoms with E-state index < -0.39 is 29.6 Å². The topological polar surface area (TPSA) is 46.9 Å². The lowest BCUT2D eigenvalue weighted by molar-refractivity contribution is -0.137. The number of alkyl halides is 4. The van der Waals surface area contributed by atoms with Crippen molar-refractivity contribution >= 4 is 16.7 Å². The molecular formula is C18H13F4N3O. The maximum absolute atomic E-state index is 13.2. The molecule has 2 aromatic carbocycles. The van der Waals surface area contributed by atoms with Gasteiger partial charge in [-0.1, -0.05) is 18.2 Å². The van der Waals surface area contributed by atoms with Crippen LogP contribution in [0.15, 0.2) is 53.3 Å².